The molecule has 5 nitrogen and oxygen atoms in total. The molecule has 1 heterocycles. The minimum atomic E-state index is -0.997. The van der Waals surface area contributed by atoms with Crippen LogP contribution in [0.25, 0.3) is 0 Å². The molecule has 3 N–H and O–H groups in total. The normalized spacial score (nSPS) is 10.2. The zero-order valence-electron chi connectivity index (χ0n) is 11.1. The quantitative estimate of drug-likeness (QED) is 0.801. The standard InChI is InChI=1S/C14H13ClN2O3S/c1-8-6-9(13(18)19)2-4-11(8)17-14(20)16-7-10-3-5-12(15)21-10/h2-6H,7H2,1H3,(H,18,19)(H2,16,17,20). The van der Waals surface area contributed by atoms with Crippen LogP contribution in [0.3, 0.4) is 0 Å². The number of urea groups is 1. The Morgan fingerprint density at radius 3 is 2.62 bits per heavy atom. The van der Waals surface area contributed by atoms with Crippen molar-refractivity contribution in [2.75, 3.05) is 5.32 Å². The van der Waals surface area contributed by atoms with Crippen molar-refractivity contribution in [1.29, 1.82) is 0 Å². The largest absolute Gasteiger partial charge is 0.478 e. The van der Waals surface area contributed by atoms with E-state index in [2.05, 4.69) is 10.6 Å². The average Bonchev–Trinajstić information content (AvgIpc) is 2.84. The van der Waals surface area contributed by atoms with Gasteiger partial charge in [0.25, 0.3) is 0 Å². The first-order chi connectivity index (χ1) is 9.95. The van der Waals surface area contributed by atoms with Crippen molar-refractivity contribution in [2.24, 2.45) is 0 Å². The van der Waals surface area contributed by atoms with E-state index in [9.17, 15) is 9.59 Å². The molecule has 0 unspecified atom stereocenters. The molecule has 7 heteroatoms. The van der Waals surface area contributed by atoms with E-state index >= 15 is 0 Å². The lowest BCUT2D eigenvalue weighted by Crippen LogP contribution is -2.28. The third-order valence-corrected chi connectivity index (χ3v) is 4.00. The van der Waals surface area contributed by atoms with E-state index in [-0.39, 0.29) is 11.6 Å². The molecule has 0 saturated heterocycles. The number of carboxylic acid groups (broad SMARTS) is 1. The van der Waals surface area contributed by atoms with Crippen LogP contribution >= 0.6 is 22.9 Å². The molecular formula is C14H13ClN2O3S. The van der Waals surface area contributed by atoms with Gasteiger partial charge in [-0.05, 0) is 42.8 Å². The number of amides is 2. The van der Waals surface area contributed by atoms with Gasteiger partial charge in [-0.15, -0.1) is 11.3 Å². The van der Waals surface area contributed by atoms with Gasteiger partial charge in [0.05, 0.1) is 16.4 Å². The van der Waals surface area contributed by atoms with Gasteiger partial charge in [0.2, 0.25) is 0 Å². The smallest absolute Gasteiger partial charge is 0.335 e. The number of aromatic carboxylic acids is 1. The van der Waals surface area contributed by atoms with E-state index in [1.165, 1.54) is 23.5 Å². The molecule has 0 aliphatic heterocycles. The molecule has 0 fully saturated rings. The van der Waals surface area contributed by atoms with Gasteiger partial charge in [-0.1, -0.05) is 11.6 Å². The van der Waals surface area contributed by atoms with Gasteiger partial charge in [-0.2, -0.15) is 0 Å². The lowest BCUT2D eigenvalue weighted by atomic mass is 10.1. The number of rotatable bonds is 4. The number of aryl methyl sites for hydroxylation is 1. The SMILES string of the molecule is Cc1cc(C(=O)O)ccc1NC(=O)NCc1ccc(Cl)s1. The molecule has 2 aromatic rings. The molecule has 2 amide bonds. The fraction of sp³-hybridized carbons (Fsp3) is 0.143. The lowest BCUT2D eigenvalue weighted by Gasteiger charge is -2.10. The highest BCUT2D eigenvalue weighted by atomic mass is 35.5. The predicted octanol–water partition coefficient (Wildman–Crippen LogP) is 3.73. The van der Waals surface area contributed by atoms with Crippen LogP contribution in [0.4, 0.5) is 10.5 Å². The van der Waals surface area contributed by atoms with E-state index in [0.29, 0.717) is 22.1 Å². The zero-order chi connectivity index (χ0) is 15.4. The maximum atomic E-state index is 11.8. The molecule has 0 aliphatic carbocycles. The fourth-order valence-electron chi connectivity index (χ4n) is 1.72. The number of hydrogen-bond donors (Lipinski definition) is 3. The Hall–Kier alpha value is -2.05. The minimum absolute atomic E-state index is 0.187. The minimum Gasteiger partial charge on any atom is -0.478 e. The summed E-state index contributed by atoms with van der Waals surface area (Å²) in [5.74, 6) is -0.997. The summed E-state index contributed by atoms with van der Waals surface area (Å²) in [4.78, 5) is 23.6. The van der Waals surface area contributed by atoms with E-state index in [0.717, 1.165) is 4.88 Å². The second-order valence-electron chi connectivity index (χ2n) is 4.35. The Morgan fingerprint density at radius 2 is 2.05 bits per heavy atom. The highest BCUT2D eigenvalue weighted by Gasteiger charge is 2.08. The predicted molar refractivity (Wildman–Crippen MR) is 83.3 cm³/mol. The van der Waals surface area contributed by atoms with Crippen LogP contribution in [0.2, 0.25) is 4.34 Å². The van der Waals surface area contributed by atoms with Crippen LogP contribution in [-0.2, 0) is 6.54 Å². The molecule has 0 saturated carbocycles. The number of hydrogen-bond acceptors (Lipinski definition) is 3. The number of halogens is 1. The van der Waals surface area contributed by atoms with Crippen molar-refractivity contribution in [3.8, 4) is 0 Å². The van der Waals surface area contributed by atoms with E-state index in [4.69, 9.17) is 16.7 Å². The van der Waals surface area contributed by atoms with Gasteiger partial charge in [-0.3, -0.25) is 0 Å². The van der Waals surface area contributed by atoms with E-state index in [1.54, 1.807) is 19.1 Å². The monoisotopic (exact) mass is 324 g/mol. The molecule has 0 spiro atoms. The summed E-state index contributed by atoms with van der Waals surface area (Å²) in [5, 5.41) is 14.3. The van der Waals surface area contributed by atoms with Gasteiger partial charge < -0.3 is 15.7 Å². The number of carboxylic acids is 1. The Balaban J connectivity index is 1.94. The highest BCUT2D eigenvalue weighted by Crippen LogP contribution is 2.21. The Kier molecular flexibility index (Phi) is 4.82. The van der Waals surface area contributed by atoms with E-state index in [1.807, 2.05) is 6.07 Å². The number of carbonyl (C=O) groups is 2. The number of carbonyl (C=O) groups excluding carboxylic acids is 1. The number of thiophene rings is 1. The van der Waals surface area contributed by atoms with Gasteiger partial charge in [0, 0.05) is 10.6 Å². The average molecular weight is 325 g/mol. The summed E-state index contributed by atoms with van der Waals surface area (Å²) in [6.07, 6.45) is 0. The Labute approximate surface area is 130 Å². The second kappa shape index (κ2) is 6.60. The lowest BCUT2D eigenvalue weighted by molar-refractivity contribution is 0.0697. The summed E-state index contributed by atoms with van der Waals surface area (Å²) in [6.45, 7) is 2.12. The van der Waals surface area contributed by atoms with Gasteiger partial charge in [-0.25, -0.2) is 9.59 Å². The summed E-state index contributed by atoms with van der Waals surface area (Å²) in [5.41, 5.74) is 1.44. The molecule has 1 aromatic heterocycles. The first-order valence-corrected chi connectivity index (χ1v) is 7.28. The van der Waals surface area contributed by atoms with Crippen molar-refractivity contribution in [1.82, 2.24) is 5.32 Å². The highest BCUT2D eigenvalue weighted by molar-refractivity contribution is 7.16. The molecule has 1 aromatic carbocycles. The second-order valence-corrected chi connectivity index (χ2v) is 6.15. The maximum absolute atomic E-state index is 11.8. The molecule has 2 rings (SSSR count). The molecular weight excluding hydrogens is 312 g/mol. The molecule has 0 atom stereocenters. The number of anilines is 1. The van der Waals surface area contributed by atoms with Crippen LogP contribution in [0.1, 0.15) is 20.8 Å². The van der Waals surface area contributed by atoms with Crippen LogP contribution in [0, 0.1) is 6.92 Å². The molecule has 0 aliphatic rings. The van der Waals surface area contributed by atoms with Crippen molar-refractivity contribution >= 4 is 40.6 Å². The topological polar surface area (TPSA) is 78.4 Å². The molecule has 110 valence electrons. The fourth-order valence-corrected chi connectivity index (χ4v) is 2.74. The van der Waals surface area contributed by atoms with E-state index < -0.39 is 5.97 Å². The first kappa shape index (κ1) is 15.3. The molecule has 0 bridgehead atoms. The van der Waals surface area contributed by atoms with Crippen LogP contribution in [0.5, 0.6) is 0 Å². The third kappa shape index (κ3) is 4.21. The zero-order valence-corrected chi connectivity index (χ0v) is 12.7. The summed E-state index contributed by atoms with van der Waals surface area (Å²) in [6, 6.07) is 7.79. The van der Waals surface area contributed by atoms with Gasteiger partial charge in [0.1, 0.15) is 0 Å². The Bertz CT molecular complexity index is 685. The molecule has 0 radical (unpaired) electrons. The van der Waals surface area contributed by atoms with Crippen molar-refractivity contribution in [3.63, 3.8) is 0 Å². The van der Waals surface area contributed by atoms with Crippen molar-refractivity contribution in [2.45, 2.75) is 13.5 Å². The first-order valence-electron chi connectivity index (χ1n) is 6.08. The maximum Gasteiger partial charge on any atom is 0.335 e. The summed E-state index contributed by atoms with van der Waals surface area (Å²) in [7, 11) is 0. The molecule has 21 heavy (non-hydrogen) atoms. The van der Waals surface area contributed by atoms with Gasteiger partial charge in [0.15, 0.2) is 0 Å². The summed E-state index contributed by atoms with van der Waals surface area (Å²) >= 11 is 7.21. The van der Waals surface area contributed by atoms with Crippen LogP contribution in [-0.4, -0.2) is 17.1 Å². The Morgan fingerprint density at radius 1 is 1.29 bits per heavy atom. The summed E-state index contributed by atoms with van der Waals surface area (Å²) < 4.78 is 0.673. The number of nitrogens with one attached hydrogen (secondary N) is 2. The van der Waals surface area contributed by atoms with Gasteiger partial charge >= 0.3 is 12.0 Å². The number of benzene rings is 1. The van der Waals surface area contributed by atoms with Crippen LogP contribution in [0.15, 0.2) is 30.3 Å². The third-order valence-electron chi connectivity index (χ3n) is 2.77. The van der Waals surface area contributed by atoms with Crippen LogP contribution < -0.4 is 10.6 Å². The van der Waals surface area contributed by atoms with Crippen molar-refractivity contribution < 1.29 is 14.7 Å². The van der Waals surface area contributed by atoms with Crippen molar-refractivity contribution in [3.05, 3.63) is 50.7 Å².